The van der Waals surface area contributed by atoms with Crippen LogP contribution in [0.2, 0.25) is 0 Å². The number of rotatable bonds is 0. The van der Waals surface area contributed by atoms with Crippen LogP contribution in [-0.4, -0.2) is 18.0 Å². The zero-order valence-corrected chi connectivity index (χ0v) is 4.29. The minimum Gasteiger partial charge on any atom is -0.361 e. The SMILES string of the molecule is NC(=O)C(N)=O.O=C=O. The van der Waals surface area contributed by atoms with Gasteiger partial charge >= 0.3 is 18.0 Å². The summed E-state index contributed by atoms with van der Waals surface area (Å²) in [4.78, 5) is 35.1. The van der Waals surface area contributed by atoms with Crippen LogP contribution in [0.15, 0.2) is 0 Å². The molecule has 0 bridgehead atoms. The van der Waals surface area contributed by atoms with Crippen molar-refractivity contribution in [2.45, 2.75) is 0 Å². The van der Waals surface area contributed by atoms with E-state index >= 15 is 0 Å². The van der Waals surface area contributed by atoms with Gasteiger partial charge in [-0.15, -0.1) is 0 Å². The monoisotopic (exact) mass is 132 g/mol. The smallest absolute Gasteiger partial charge is 0.361 e. The molecule has 0 radical (unpaired) electrons. The highest BCUT2D eigenvalue weighted by atomic mass is 16.2. The lowest BCUT2D eigenvalue weighted by molar-refractivity contribution is -0.191. The number of hydrogen-bond acceptors (Lipinski definition) is 4. The van der Waals surface area contributed by atoms with Crippen LogP contribution >= 0.6 is 0 Å². The van der Waals surface area contributed by atoms with Crippen molar-refractivity contribution in [3.63, 3.8) is 0 Å². The minimum atomic E-state index is -1.10. The molecule has 6 heteroatoms. The number of carbonyl (C=O) groups is 2. The average Bonchev–Trinajstić information content (AvgIpc) is 1.68. The number of hydrogen-bond donors (Lipinski definition) is 2. The van der Waals surface area contributed by atoms with Crippen molar-refractivity contribution in [1.29, 1.82) is 0 Å². The molecule has 0 atom stereocenters. The third-order valence-corrected chi connectivity index (χ3v) is 0.243. The van der Waals surface area contributed by atoms with Gasteiger partial charge in [0.2, 0.25) is 0 Å². The molecule has 0 aliphatic carbocycles. The highest BCUT2D eigenvalue weighted by Gasteiger charge is 1.96. The van der Waals surface area contributed by atoms with Crippen LogP contribution in [-0.2, 0) is 19.2 Å². The van der Waals surface area contributed by atoms with Gasteiger partial charge in [-0.3, -0.25) is 9.59 Å². The van der Waals surface area contributed by atoms with Crippen LogP contribution in [0.4, 0.5) is 0 Å². The predicted octanol–water partition coefficient (Wildman–Crippen LogP) is -2.63. The van der Waals surface area contributed by atoms with E-state index < -0.39 is 11.8 Å². The first-order chi connectivity index (χ1) is 4.06. The molecule has 0 saturated heterocycles. The van der Waals surface area contributed by atoms with E-state index in [0.717, 1.165) is 0 Å². The van der Waals surface area contributed by atoms with Crippen LogP contribution in [0, 0.1) is 0 Å². The van der Waals surface area contributed by atoms with Gasteiger partial charge in [-0.1, -0.05) is 0 Å². The molecule has 4 N–H and O–H groups in total. The molecule has 6 nitrogen and oxygen atoms in total. The Hall–Kier alpha value is -1.68. The first kappa shape index (κ1) is 10.3. The number of nitrogens with two attached hydrogens (primary N) is 2. The van der Waals surface area contributed by atoms with Gasteiger partial charge in [0.15, 0.2) is 0 Å². The van der Waals surface area contributed by atoms with Crippen LogP contribution in [0.3, 0.4) is 0 Å². The van der Waals surface area contributed by atoms with Crippen molar-refractivity contribution in [2.24, 2.45) is 11.5 Å². The Morgan fingerprint density at radius 3 is 1.11 bits per heavy atom. The number of amides is 2. The number of carbonyl (C=O) groups excluding carboxylic acids is 4. The van der Waals surface area contributed by atoms with Crippen LogP contribution < -0.4 is 11.5 Å². The Balaban J connectivity index is 0. The largest absolute Gasteiger partial charge is 0.373 e. The summed E-state index contributed by atoms with van der Waals surface area (Å²) in [7, 11) is 0. The summed E-state index contributed by atoms with van der Waals surface area (Å²) in [6.45, 7) is 0. The standard InChI is InChI=1S/C2H4N2O2.CO2/c3-1(5)2(4)6;2-1-3/h(H2,3,5)(H2,4,6);. The first-order valence-electron chi connectivity index (χ1n) is 1.64. The van der Waals surface area contributed by atoms with E-state index in [9.17, 15) is 9.59 Å². The summed E-state index contributed by atoms with van der Waals surface area (Å²) in [5.74, 6) is -2.20. The fourth-order valence-electron chi connectivity index (χ4n) is 0. The molecule has 0 heterocycles. The zero-order chi connectivity index (χ0) is 7.86. The van der Waals surface area contributed by atoms with Gasteiger partial charge in [-0.2, -0.15) is 9.59 Å². The van der Waals surface area contributed by atoms with Gasteiger partial charge in [0.1, 0.15) is 0 Å². The fraction of sp³-hybridized carbons (Fsp3) is 0. The zero-order valence-electron chi connectivity index (χ0n) is 4.29. The maximum atomic E-state index is 9.45. The normalized spacial score (nSPS) is 5.78. The first-order valence-corrected chi connectivity index (χ1v) is 1.64. The molecule has 0 rings (SSSR count). The molecule has 0 aromatic rings. The van der Waals surface area contributed by atoms with E-state index in [-0.39, 0.29) is 6.15 Å². The van der Waals surface area contributed by atoms with E-state index in [4.69, 9.17) is 9.59 Å². The second kappa shape index (κ2) is 6.32. The lowest BCUT2D eigenvalue weighted by Gasteiger charge is -1.75. The Labute approximate surface area is 49.8 Å². The van der Waals surface area contributed by atoms with Crippen molar-refractivity contribution >= 4 is 18.0 Å². The Kier molecular flexibility index (Phi) is 7.25. The maximum Gasteiger partial charge on any atom is 0.373 e. The molecule has 9 heavy (non-hydrogen) atoms. The van der Waals surface area contributed by atoms with E-state index in [1.165, 1.54) is 0 Å². The van der Waals surface area contributed by atoms with Crippen molar-refractivity contribution in [2.75, 3.05) is 0 Å². The maximum absolute atomic E-state index is 9.45. The molecule has 50 valence electrons. The molecule has 0 spiro atoms. The quantitative estimate of drug-likeness (QED) is 0.350. The van der Waals surface area contributed by atoms with Crippen LogP contribution in [0.25, 0.3) is 0 Å². The van der Waals surface area contributed by atoms with Crippen LogP contribution in [0.1, 0.15) is 0 Å². The minimum absolute atomic E-state index is 0.250. The summed E-state index contributed by atoms with van der Waals surface area (Å²) in [6.07, 6.45) is 0.250. The number of primary amides is 2. The highest BCUT2D eigenvalue weighted by Crippen LogP contribution is 1.44. The predicted molar refractivity (Wildman–Crippen MR) is 23.4 cm³/mol. The van der Waals surface area contributed by atoms with Gasteiger partial charge in [-0.25, -0.2) is 0 Å². The van der Waals surface area contributed by atoms with Crippen molar-refractivity contribution in [1.82, 2.24) is 0 Å². The molecule has 0 aromatic heterocycles. The molecule has 0 unspecified atom stereocenters. The molecule has 0 saturated carbocycles. The van der Waals surface area contributed by atoms with Gasteiger partial charge < -0.3 is 11.5 Å². The van der Waals surface area contributed by atoms with E-state index in [2.05, 4.69) is 11.5 Å². The summed E-state index contributed by atoms with van der Waals surface area (Å²) in [5, 5.41) is 0. The molecule has 0 aliphatic rings. The Bertz CT molecular complexity index is 134. The second-order valence-electron chi connectivity index (χ2n) is 0.812. The van der Waals surface area contributed by atoms with Gasteiger partial charge in [0.05, 0.1) is 0 Å². The highest BCUT2D eigenvalue weighted by molar-refractivity contribution is 6.33. The molecular weight excluding hydrogens is 128 g/mol. The lowest BCUT2D eigenvalue weighted by Crippen LogP contribution is -2.29. The summed E-state index contributed by atoms with van der Waals surface area (Å²) < 4.78 is 0. The van der Waals surface area contributed by atoms with Crippen molar-refractivity contribution < 1.29 is 19.2 Å². The lowest BCUT2D eigenvalue weighted by atomic mass is 10.6. The Morgan fingerprint density at radius 1 is 1.00 bits per heavy atom. The Morgan fingerprint density at radius 2 is 1.11 bits per heavy atom. The summed E-state index contributed by atoms with van der Waals surface area (Å²) in [5.41, 5.74) is 8.64. The third kappa shape index (κ3) is 21.9. The summed E-state index contributed by atoms with van der Waals surface area (Å²) in [6, 6.07) is 0. The van der Waals surface area contributed by atoms with Crippen molar-refractivity contribution in [3.05, 3.63) is 0 Å². The second-order valence-corrected chi connectivity index (χ2v) is 0.812. The molecule has 2 amide bonds. The average molecular weight is 132 g/mol. The molecule has 0 aromatic carbocycles. The molecular formula is C3H4N2O4. The molecule has 0 fully saturated rings. The fourth-order valence-corrected chi connectivity index (χ4v) is 0. The third-order valence-electron chi connectivity index (χ3n) is 0.243. The van der Waals surface area contributed by atoms with Gasteiger partial charge in [-0.05, 0) is 0 Å². The molecule has 0 aliphatic heterocycles. The van der Waals surface area contributed by atoms with Crippen LogP contribution in [0.5, 0.6) is 0 Å². The van der Waals surface area contributed by atoms with Gasteiger partial charge in [0.25, 0.3) is 0 Å². The van der Waals surface area contributed by atoms with Crippen molar-refractivity contribution in [3.8, 4) is 0 Å². The van der Waals surface area contributed by atoms with E-state index in [0.29, 0.717) is 0 Å². The summed E-state index contributed by atoms with van der Waals surface area (Å²) >= 11 is 0. The van der Waals surface area contributed by atoms with E-state index in [1.54, 1.807) is 0 Å². The van der Waals surface area contributed by atoms with Gasteiger partial charge in [0, 0.05) is 0 Å². The van der Waals surface area contributed by atoms with E-state index in [1.807, 2.05) is 0 Å². The topological polar surface area (TPSA) is 120 Å².